The maximum atomic E-state index is 13.7. The second-order valence-electron chi connectivity index (χ2n) is 12.9. The Balaban J connectivity index is 1.19. The molecule has 12 heteroatoms. The number of hydrogen-bond acceptors (Lipinski definition) is 7. The summed E-state index contributed by atoms with van der Waals surface area (Å²) in [5.41, 5.74) is 3.10. The first-order valence-electron chi connectivity index (χ1n) is 17.4. The Morgan fingerprint density at radius 2 is 1.69 bits per heavy atom. The van der Waals surface area contributed by atoms with Crippen molar-refractivity contribution in [2.75, 3.05) is 31.5 Å². The summed E-state index contributed by atoms with van der Waals surface area (Å²) in [5.74, 6) is -0.887. The molecular weight excluding hydrogens is 620 g/mol. The number of hydrogen-bond donors (Lipinski definition) is 3. The quantitative estimate of drug-likeness (QED) is 0.252. The standard InChI is InChI=1S/C37H48N8O4/c1-3-34(46)42-32(37(49)45-22-20-44(21-23-45)26-28-8-7-17-38-25-28)24-27-11-13-30(14-12-27)41-35(47)31(29-9-5-4-6-10-29)15-18-39-36(48)33-16-19-40-43(33)2/h7-8,11-19,25,29,31-32H,3-6,9-10,20-24,26H2,1-2H3,(H,39,48)(H,41,47)(H,42,46)/b18-15+/t31?,32-/m1/s1. The lowest BCUT2D eigenvalue weighted by atomic mass is 9.79. The number of carbonyl (C=O) groups is 4. The monoisotopic (exact) mass is 668 g/mol. The largest absolute Gasteiger partial charge is 0.344 e. The highest BCUT2D eigenvalue weighted by Crippen LogP contribution is 2.31. The molecule has 1 saturated heterocycles. The van der Waals surface area contributed by atoms with Crippen LogP contribution in [-0.2, 0) is 34.4 Å². The van der Waals surface area contributed by atoms with Crippen LogP contribution in [0.3, 0.4) is 0 Å². The van der Waals surface area contributed by atoms with Crippen LogP contribution in [0.25, 0.3) is 0 Å². The molecule has 49 heavy (non-hydrogen) atoms. The van der Waals surface area contributed by atoms with Gasteiger partial charge in [-0.1, -0.05) is 50.5 Å². The number of piperazine rings is 1. The molecule has 260 valence electrons. The average Bonchev–Trinajstić information content (AvgIpc) is 3.57. The van der Waals surface area contributed by atoms with Crippen LogP contribution in [0.5, 0.6) is 0 Å². The zero-order valence-electron chi connectivity index (χ0n) is 28.5. The van der Waals surface area contributed by atoms with E-state index in [1.807, 2.05) is 41.4 Å². The first kappa shape index (κ1) is 35.5. The normalized spacial score (nSPS) is 17.0. The van der Waals surface area contributed by atoms with Crippen molar-refractivity contribution >= 4 is 29.3 Å². The molecule has 3 heterocycles. The third-order valence-corrected chi connectivity index (χ3v) is 9.46. The molecule has 0 radical (unpaired) electrons. The van der Waals surface area contributed by atoms with Gasteiger partial charge in [-0.05, 0) is 54.2 Å². The Labute approximate surface area is 288 Å². The van der Waals surface area contributed by atoms with Crippen LogP contribution in [0.1, 0.15) is 67.1 Å². The summed E-state index contributed by atoms with van der Waals surface area (Å²) >= 11 is 0. The molecule has 2 aromatic heterocycles. The highest BCUT2D eigenvalue weighted by atomic mass is 16.2. The van der Waals surface area contributed by atoms with Crippen molar-refractivity contribution in [2.24, 2.45) is 18.9 Å². The van der Waals surface area contributed by atoms with Gasteiger partial charge in [0.1, 0.15) is 11.7 Å². The van der Waals surface area contributed by atoms with Gasteiger partial charge in [-0.25, -0.2) is 0 Å². The second kappa shape index (κ2) is 17.5. The van der Waals surface area contributed by atoms with Gasteiger partial charge in [-0.3, -0.25) is 33.7 Å². The Kier molecular flexibility index (Phi) is 12.7. The Bertz CT molecular complexity index is 1580. The first-order valence-corrected chi connectivity index (χ1v) is 17.4. The molecule has 2 fully saturated rings. The number of nitrogens with one attached hydrogen (secondary N) is 3. The SMILES string of the molecule is CCC(=O)N[C@H](Cc1ccc(NC(=O)C(/C=C/NC(=O)c2ccnn2C)C2CCCCC2)cc1)C(=O)N1CCN(Cc2cccnc2)CC1. The van der Waals surface area contributed by atoms with Crippen molar-refractivity contribution in [1.29, 1.82) is 0 Å². The Morgan fingerprint density at radius 1 is 0.939 bits per heavy atom. The van der Waals surface area contributed by atoms with Crippen molar-refractivity contribution in [3.63, 3.8) is 0 Å². The molecule has 4 amide bonds. The van der Waals surface area contributed by atoms with Crippen LogP contribution in [0, 0.1) is 11.8 Å². The van der Waals surface area contributed by atoms with E-state index in [9.17, 15) is 19.2 Å². The van der Waals surface area contributed by atoms with E-state index in [1.165, 1.54) is 4.68 Å². The minimum absolute atomic E-state index is 0.0854. The third kappa shape index (κ3) is 10.1. The molecule has 2 aliphatic rings. The van der Waals surface area contributed by atoms with Gasteiger partial charge in [0.15, 0.2) is 0 Å². The Hall–Kier alpha value is -4.84. The summed E-state index contributed by atoms with van der Waals surface area (Å²) < 4.78 is 1.50. The molecule has 5 rings (SSSR count). The van der Waals surface area contributed by atoms with Crippen LogP contribution in [-0.4, -0.2) is 80.4 Å². The molecule has 3 aromatic rings. The van der Waals surface area contributed by atoms with E-state index in [0.717, 1.165) is 62.9 Å². The number of benzene rings is 1. The summed E-state index contributed by atoms with van der Waals surface area (Å²) in [6.07, 6.45) is 14.4. The fourth-order valence-electron chi connectivity index (χ4n) is 6.63. The van der Waals surface area contributed by atoms with E-state index in [1.54, 1.807) is 44.7 Å². The van der Waals surface area contributed by atoms with Gasteiger partial charge < -0.3 is 20.9 Å². The van der Waals surface area contributed by atoms with E-state index in [2.05, 4.69) is 37.0 Å². The van der Waals surface area contributed by atoms with Crippen molar-refractivity contribution in [2.45, 2.75) is 64.5 Å². The van der Waals surface area contributed by atoms with E-state index >= 15 is 0 Å². The highest BCUT2D eigenvalue weighted by molar-refractivity contribution is 5.95. The van der Waals surface area contributed by atoms with E-state index < -0.39 is 12.0 Å². The zero-order valence-corrected chi connectivity index (χ0v) is 28.5. The lowest BCUT2D eigenvalue weighted by Gasteiger charge is -2.36. The van der Waals surface area contributed by atoms with Crippen LogP contribution >= 0.6 is 0 Å². The summed E-state index contributed by atoms with van der Waals surface area (Å²) in [5, 5.41) is 12.8. The lowest BCUT2D eigenvalue weighted by molar-refractivity contribution is -0.138. The number of carbonyl (C=O) groups excluding carboxylic acids is 4. The maximum Gasteiger partial charge on any atom is 0.273 e. The lowest BCUT2D eigenvalue weighted by Crippen LogP contribution is -2.55. The van der Waals surface area contributed by atoms with E-state index in [-0.39, 0.29) is 36.0 Å². The Morgan fingerprint density at radius 3 is 2.35 bits per heavy atom. The highest BCUT2D eigenvalue weighted by Gasteiger charge is 2.30. The molecule has 1 saturated carbocycles. The zero-order chi connectivity index (χ0) is 34.6. The number of anilines is 1. The van der Waals surface area contributed by atoms with E-state index in [0.29, 0.717) is 30.9 Å². The van der Waals surface area contributed by atoms with Crippen LogP contribution in [0.15, 0.2) is 73.3 Å². The summed E-state index contributed by atoms with van der Waals surface area (Å²) in [4.78, 5) is 60.6. The molecule has 0 spiro atoms. The van der Waals surface area contributed by atoms with Crippen molar-refractivity contribution < 1.29 is 19.2 Å². The number of aryl methyl sites for hydroxylation is 1. The minimum Gasteiger partial charge on any atom is -0.344 e. The predicted octanol–water partition coefficient (Wildman–Crippen LogP) is 3.68. The van der Waals surface area contributed by atoms with Gasteiger partial charge in [0.25, 0.3) is 5.91 Å². The predicted molar refractivity (Wildman–Crippen MR) is 187 cm³/mol. The average molecular weight is 669 g/mol. The second-order valence-corrected chi connectivity index (χ2v) is 12.9. The summed E-state index contributed by atoms with van der Waals surface area (Å²) in [6, 6.07) is 12.4. The maximum absolute atomic E-state index is 13.7. The summed E-state index contributed by atoms with van der Waals surface area (Å²) in [7, 11) is 1.70. The molecule has 1 aliphatic heterocycles. The molecule has 3 N–H and O–H groups in total. The van der Waals surface area contributed by atoms with Crippen molar-refractivity contribution in [1.82, 2.24) is 35.2 Å². The fraction of sp³-hybridized carbons (Fsp3) is 0.459. The number of amides is 4. The molecule has 0 bridgehead atoms. The smallest absolute Gasteiger partial charge is 0.273 e. The fourth-order valence-corrected chi connectivity index (χ4v) is 6.63. The topological polar surface area (TPSA) is 142 Å². The molecule has 1 unspecified atom stereocenters. The van der Waals surface area contributed by atoms with Gasteiger partial charge in [-0.15, -0.1) is 0 Å². The molecule has 2 atom stereocenters. The van der Waals surface area contributed by atoms with Crippen molar-refractivity contribution in [3.8, 4) is 0 Å². The minimum atomic E-state index is -0.680. The van der Waals surface area contributed by atoms with Gasteiger partial charge in [0, 0.05) is 83.1 Å². The van der Waals surface area contributed by atoms with E-state index in [4.69, 9.17) is 0 Å². The summed E-state index contributed by atoms with van der Waals surface area (Å²) in [6.45, 7) is 5.23. The molecule has 1 aromatic carbocycles. The number of pyridine rings is 1. The van der Waals surface area contributed by atoms with Gasteiger partial charge in [0.05, 0.1) is 5.92 Å². The number of rotatable bonds is 13. The van der Waals surface area contributed by atoms with Crippen LogP contribution < -0.4 is 16.0 Å². The van der Waals surface area contributed by atoms with Gasteiger partial charge >= 0.3 is 0 Å². The number of nitrogens with zero attached hydrogens (tertiary/aromatic N) is 5. The first-order chi connectivity index (χ1) is 23.8. The van der Waals surface area contributed by atoms with Gasteiger partial charge in [0.2, 0.25) is 17.7 Å². The third-order valence-electron chi connectivity index (χ3n) is 9.46. The molecular formula is C37H48N8O4. The number of aromatic nitrogens is 3. The van der Waals surface area contributed by atoms with Crippen molar-refractivity contribution in [3.05, 3.63) is 90.2 Å². The molecule has 1 aliphatic carbocycles. The van der Waals surface area contributed by atoms with Crippen LogP contribution in [0.2, 0.25) is 0 Å². The molecule has 12 nitrogen and oxygen atoms in total. The van der Waals surface area contributed by atoms with Gasteiger partial charge in [-0.2, -0.15) is 5.10 Å². The van der Waals surface area contributed by atoms with Crippen LogP contribution in [0.4, 0.5) is 5.69 Å².